The molecule has 3 atom stereocenters. The van der Waals surface area contributed by atoms with Crippen LogP contribution in [0.25, 0.3) is 0 Å². The summed E-state index contributed by atoms with van der Waals surface area (Å²) in [4.78, 5) is 45.4. The average molecular weight is 652 g/mol. The van der Waals surface area contributed by atoms with Gasteiger partial charge in [-0.3, -0.25) is 23.4 Å². The largest absolute Gasteiger partial charge is 0.480 e. The Balaban J connectivity index is 4.41. The molecule has 44 heavy (non-hydrogen) atoms. The van der Waals surface area contributed by atoms with Crippen molar-refractivity contribution in [1.29, 1.82) is 0 Å². The van der Waals surface area contributed by atoms with E-state index in [1.807, 2.05) is 0 Å². The zero-order valence-electron chi connectivity index (χ0n) is 27.5. The van der Waals surface area contributed by atoms with Gasteiger partial charge < -0.3 is 25.2 Å². The first kappa shape index (κ1) is 42.5. The summed E-state index contributed by atoms with van der Waals surface area (Å²) in [6.45, 7) is 2.72. The van der Waals surface area contributed by atoms with Gasteiger partial charge in [0.1, 0.15) is 12.6 Å². The number of phosphoric ester groups is 1. The molecule has 12 heteroatoms. The van der Waals surface area contributed by atoms with Crippen LogP contribution in [-0.4, -0.2) is 59.9 Å². The Morgan fingerprint density at radius 3 is 1.43 bits per heavy atom. The first-order chi connectivity index (χ1) is 21.1. The van der Waals surface area contributed by atoms with E-state index < -0.39 is 51.1 Å². The fraction of sp³-hybridized carbons (Fsp3) is 0.906. The zero-order chi connectivity index (χ0) is 32.9. The summed E-state index contributed by atoms with van der Waals surface area (Å²) < 4.78 is 32.3. The molecule has 0 spiro atoms. The standard InChI is InChI=1S/C32H62NO10P/c1-3-5-7-9-11-12-13-14-15-16-18-19-21-23-30(34)40-25-28(26-41-44(38,39)42-27-29(33)32(36)37)43-31(35)24-22-20-17-10-8-6-4-2/h28-29H,3-27,33H2,1-2H3,(H,36,37)(H,38,39)/t28-,29+/m0/s1. The topological polar surface area (TPSA) is 172 Å². The van der Waals surface area contributed by atoms with Crippen molar-refractivity contribution in [2.75, 3.05) is 19.8 Å². The molecule has 0 rings (SSSR count). The summed E-state index contributed by atoms with van der Waals surface area (Å²) in [7, 11) is -4.69. The van der Waals surface area contributed by atoms with E-state index in [9.17, 15) is 23.8 Å². The fourth-order valence-electron chi connectivity index (χ4n) is 4.59. The predicted octanol–water partition coefficient (Wildman–Crippen LogP) is 7.61. The van der Waals surface area contributed by atoms with Crippen LogP contribution in [0.4, 0.5) is 0 Å². The van der Waals surface area contributed by atoms with Crippen LogP contribution in [0.2, 0.25) is 0 Å². The molecule has 0 heterocycles. The van der Waals surface area contributed by atoms with E-state index in [-0.39, 0.29) is 19.4 Å². The molecule has 0 aromatic carbocycles. The van der Waals surface area contributed by atoms with Crippen LogP contribution in [0.1, 0.15) is 155 Å². The van der Waals surface area contributed by atoms with Gasteiger partial charge in [0.15, 0.2) is 6.10 Å². The van der Waals surface area contributed by atoms with E-state index in [1.54, 1.807) is 0 Å². The Morgan fingerprint density at radius 1 is 0.614 bits per heavy atom. The van der Waals surface area contributed by atoms with E-state index in [2.05, 4.69) is 18.4 Å². The molecule has 0 aromatic rings. The van der Waals surface area contributed by atoms with Crippen molar-refractivity contribution in [2.45, 2.75) is 167 Å². The maximum absolute atomic E-state index is 12.4. The van der Waals surface area contributed by atoms with Gasteiger partial charge in [-0.15, -0.1) is 0 Å². The lowest BCUT2D eigenvalue weighted by molar-refractivity contribution is -0.161. The molecule has 0 saturated carbocycles. The second kappa shape index (κ2) is 28.9. The predicted molar refractivity (Wildman–Crippen MR) is 171 cm³/mol. The molecule has 0 aliphatic rings. The number of carboxylic acid groups (broad SMARTS) is 1. The van der Waals surface area contributed by atoms with E-state index in [0.717, 1.165) is 44.9 Å². The highest BCUT2D eigenvalue weighted by molar-refractivity contribution is 7.47. The summed E-state index contributed by atoms with van der Waals surface area (Å²) in [6.07, 6.45) is 22.0. The van der Waals surface area contributed by atoms with Crippen molar-refractivity contribution in [1.82, 2.24) is 0 Å². The highest BCUT2D eigenvalue weighted by atomic mass is 31.2. The van der Waals surface area contributed by atoms with Gasteiger partial charge in [0.2, 0.25) is 0 Å². The van der Waals surface area contributed by atoms with Crippen LogP contribution >= 0.6 is 7.82 Å². The number of carbonyl (C=O) groups excluding carboxylic acids is 2. The number of hydrogen-bond acceptors (Lipinski definition) is 9. The van der Waals surface area contributed by atoms with Crippen LogP contribution in [0.15, 0.2) is 0 Å². The Morgan fingerprint density at radius 2 is 1.00 bits per heavy atom. The second-order valence-electron chi connectivity index (χ2n) is 11.7. The molecule has 0 aromatic heterocycles. The second-order valence-corrected chi connectivity index (χ2v) is 13.1. The smallest absolute Gasteiger partial charge is 0.472 e. The number of esters is 2. The minimum atomic E-state index is -4.69. The average Bonchev–Trinajstić information content (AvgIpc) is 2.99. The summed E-state index contributed by atoms with van der Waals surface area (Å²) >= 11 is 0. The van der Waals surface area contributed by atoms with Gasteiger partial charge in [-0.2, -0.15) is 0 Å². The van der Waals surface area contributed by atoms with Crippen molar-refractivity contribution in [2.24, 2.45) is 5.73 Å². The summed E-state index contributed by atoms with van der Waals surface area (Å²) in [5, 5.41) is 8.81. The maximum atomic E-state index is 12.4. The van der Waals surface area contributed by atoms with E-state index in [4.69, 9.17) is 24.8 Å². The van der Waals surface area contributed by atoms with E-state index in [0.29, 0.717) is 12.8 Å². The summed E-state index contributed by atoms with van der Waals surface area (Å²) in [5.74, 6) is -2.38. The van der Waals surface area contributed by atoms with Crippen molar-refractivity contribution >= 4 is 25.7 Å². The minimum Gasteiger partial charge on any atom is -0.480 e. The maximum Gasteiger partial charge on any atom is 0.472 e. The van der Waals surface area contributed by atoms with Gasteiger partial charge >= 0.3 is 25.7 Å². The number of carboxylic acids is 1. The first-order valence-electron chi connectivity index (χ1n) is 17.1. The number of phosphoric acid groups is 1. The molecule has 0 bridgehead atoms. The van der Waals surface area contributed by atoms with E-state index >= 15 is 0 Å². The van der Waals surface area contributed by atoms with E-state index in [1.165, 1.54) is 70.6 Å². The Kier molecular flexibility index (Phi) is 27.9. The number of ether oxygens (including phenoxy) is 2. The molecule has 0 saturated heterocycles. The monoisotopic (exact) mass is 651 g/mol. The van der Waals surface area contributed by atoms with Gasteiger partial charge in [-0.05, 0) is 12.8 Å². The van der Waals surface area contributed by atoms with Crippen molar-refractivity contribution < 1.29 is 47.5 Å². The number of hydrogen-bond donors (Lipinski definition) is 3. The fourth-order valence-corrected chi connectivity index (χ4v) is 5.37. The molecule has 260 valence electrons. The normalized spacial score (nSPS) is 14.1. The van der Waals surface area contributed by atoms with Crippen molar-refractivity contribution in [3.05, 3.63) is 0 Å². The molecule has 0 amide bonds. The lowest BCUT2D eigenvalue weighted by Gasteiger charge is -2.20. The van der Waals surface area contributed by atoms with Gasteiger partial charge in [0, 0.05) is 12.8 Å². The Labute approximate surface area is 265 Å². The zero-order valence-corrected chi connectivity index (χ0v) is 28.4. The van der Waals surface area contributed by atoms with Crippen molar-refractivity contribution in [3.63, 3.8) is 0 Å². The van der Waals surface area contributed by atoms with Crippen molar-refractivity contribution in [3.8, 4) is 0 Å². The molecule has 0 radical (unpaired) electrons. The molecule has 1 unspecified atom stereocenters. The number of unbranched alkanes of at least 4 members (excludes halogenated alkanes) is 18. The number of aliphatic carboxylic acids is 1. The summed E-state index contributed by atoms with van der Waals surface area (Å²) in [5.41, 5.74) is 5.29. The third-order valence-corrected chi connectivity index (χ3v) is 8.31. The number of carbonyl (C=O) groups is 3. The molecular formula is C32H62NO10P. The molecule has 0 aliphatic heterocycles. The first-order valence-corrected chi connectivity index (χ1v) is 18.6. The summed E-state index contributed by atoms with van der Waals surface area (Å²) in [6, 6.07) is -1.51. The van der Waals surface area contributed by atoms with Crippen LogP contribution in [0, 0.1) is 0 Å². The lowest BCUT2D eigenvalue weighted by Crippen LogP contribution is -2.34. The number of nitrogens with two attached hydrogens (primary N) is 1. The SMILES string of the molecule is CCCCCCCCCCCCCCCC(=O)OC[C@@H](COP(=O)(O)OC[C@@H](N)C(=O)O)OC(=O)CCCCCCCCC. The number of rotatable bonds is 32. The highest BCUT2D eigenvalue weighted by Gasteiger charge is 2.28. The Bertz CT molecular complexity index is 782. The molecular weight excluding hydrogens is 589 g/mol. The van der Waals surface area contributed by atoms with Gasteiger partial charge in [-0.1, -0.05) is 129 Å². The quantitative estimate of drug-likeness (QED) is 0.0371. The molecule has 11 nitrogen and oxygen atoms in total. The highest BCUT2D eigenvalue weighted by Crippen LogP contribution is 2.43. The van der Waals surface area contributed by atoms with Crippen LogP contribution in [-0.2, 0) is 37.5 Å². The van der Waals surface area contributed by atoms with Crippen LogP contribution in [0.3, 0.4) is 0 Å². The molecule has 4 N–H and O–H groups in total. The van der Waals surface area contributed by atoms with Gasteiger partial charge in [0.25, 0.3) is 0 Å². The van der Waals surface area contributed by atoms with Crippen LogP contribution < -0.4 is 5.73 Å². The Hall–Kier alpha value is -1.52. The minimum absolute atomic E-state index is 0.165. The third-order valence-electron chi connectivity index (χ3n) is 7.36. The third kappa shape index (κ3) is 28.0. The van der Waals surface area contributed by atoms with Gasteiger partial charge in [0.05, 0.1) is 13.2 Å². The molecule has 0 aliphatic carbocycles. The van der Waals surface area contributed by atoms with Gasteiger partial charge in [-0.25, -0.2) is 4.57 Å². The lowest BCUT2D eigenvalue weighted by atomic mass is 10.0. The molecule has 0 fully saturated rings. The van der Waals surface area contributed by atoms with Crippen LogP contribution in [0.5, 0.6) is 0 Å².